The maximum Gasteiger partial charge on any atom is 0.227 e. The van der Waals surface area contributed by atoms with E-state index in [-0.39, 0.29) is 17.6 Å². The van der Waals surface area contributed by atoms with E-state index < -0.39 is 0 Å². The zero-order valence-corrected chi connectivity index (χ0v) is 14.0. The molecule has 0 bridgehead atoms. The van der Waals surface area contributed by atoms with Crippen LogP contribution in [0.3, 0.4) is 0 Å². The fourth-order valence-corrected chi connectivity index (χ4v) is 3.44. The van der Waals surface area contributed by atoms with Gasteiger partial charge in [-0.05, 0) is 44.0 Å². The van der Waals surface area contributed by atoms with E-state index in [1.165, 1.54) is 6.92 Å². The lowest BCUT2D eigenvalue weighted by Crippen LogP contribution is -2.28. The van der Waals surface area contributed by atoms with E-state index >= 15 is 0 Å². The summed E-state index contributed by atoms with van der Waals surface area (Å²) < 4.78 is 2.07. The Morgan fingerprint density at radius 3 is 2.92 bits per heavy atom. The molecule has 0 spiro atoms. The molecule has 3 aromatic rings. The van der Waals surface area contributed by atoms with Crippen LogP contribution in [-0.4, -0.2) is 21.1 Å². The van der Waals surface area contributed by atoms with E-state index in [1.807, 2.05) is 30.5 Å². The van der Waals surface area contributed by atoms with Gasteiger partial charge in [0, 0.05) is 35.5 Å². The summed E-state index contributed by atoms with van der Waals surface area (Å²) in [6, 6.07) is 13.0. The highest BCUT2D eigenvalue weighted by Crippen LogP contribution is 2.27. The van der Waals surface area contributed by atoms with Gasteiger partial charge in [0.1, 0.15) is 5.65 Å². The van der Waals surface area contributed by atoms with Crippen molar-refractivity contribution < 1.29 is 9.59 Å². The predicted molar refractivity (Wildman–Crippen MR) is 95.8 cm³/mol. The van der Waals surface area contributed by atoms with Gasteiger partial charge < -0.3 is 9.72 Å². The summed E-state index contributed by atoms with van der Waals surface area (Å²) in [6.07, 6.45) is 4.27. The summed E-state index contributed by atoms with van der Waals surface area (Å²) in [7, 11) is 0. The number of amides is 1. The van der Waals surface area contributed by atoms with E-state index in [2.05, 4.69) is 14.7 Å². The number of pyridine rings is 1. The quantitative estimate of drug-likeness (QED) is 0.748. The van der Waals surface area contributed by atoms with Gasteiger partial charge in [-0.25, -0.2) is 4.98 Å². The summed E-state index contributed by atoms with van der Waals surface area (Å²) >= 11 is 0. The number of aryl methyl sites for hydroxylation is 1. The number of Topliss-reactive ketones (excluding diaryl/α,β-unsaturated/α-hetero) is 1. The van der Waals surface area contributed by atoms with Crippen LogP contribution < -0.4 is 5.32 Å². The third-order valence-electron chi connectivity index (χ3n) is 4.79. The van der Waals surface area contributed by atoms with Crippen molar-refractivity contribution in [1.29, 1.82) is 0 Å². The summed E-state index contributed by atoms with van der Waals surface area (Å²) in [6.45, 7) is 1.52. The number of nitrogens with one attached hydrogen (secondary N) is 1. The van der Waals surface area contributed by atoms with Crippen molar-refractivity contribution in [2.45, 2.75) is 26.2 Å². The van der Waals surface area contributed by atoms with Crippen molar-refractivity contribution in [2.24, 2.45) is 5.92 Å². The van der Waals surface area contributed by atoms with E-state index in [1.54, 1.807) is 18.2 Å². The van der Waals surface area contributed by atoms with Gasteiger partial charge in [-0.1, -0.05) is 18.2 Å². The normalized spacial score (nSPS) is 16.4. The number of benzene rings is 1. The van der Waals surface area contributed by atoms with Gasteiger partial charge in [0.25, 0.3) is 0 Å². The molecule has 0 saturated carbocycles. The topological polar surface area (TPSA) is 63.5 Å². The first kappa shape index (κ1) is 15.6. The van der Waals surface area contributed by atoms with Crippen LogP contribution >= 0.6 is 0 Å². The third kappa shape index (κ3) is 2.93. The second-order valence-corrected chi connectivity index (χ2v) is 6.50. The van der Waals surface area contributed by atoms with Crippen LogP contribution in [0, 0.1) is 5.92 Å². The van der Waals surface area contributed by atoms with Gasteiger partial charge >= 0.3 is 0 Å². The average molecular weight is 333 g/mol. The molecule has 1 amide bonds. The van der Waals surface area contributed by atoms with Crippen LogP contribution in [-0.2, 0) is 17.6 Å². The molecule has 1 atom stereocenters. The highest BCUT2D eigenvalue weighted by Gasteiger charge is 2.28. The van der Waals surface area contributed by atoms with Crippen molar-refractivity contribution in [3.05, 3.63) is 65.6 Å². The largest absolute Gasteiger partial charge is 0.326 e. The SMILES string of the molecule is CC(=O)c1cccc(NC(=O)C2CCc3nc4ccccn4c3C2)c1. The number of fused-ring (bicyclic) bond motifs is 3. The van der Waals surface area contributed by atoms with Crippen LogP contribution in [0.25, 0.3) is 5.65 Å². The summed E-state index contributed by atoms with van der Waals surface area (Å²) in [5, 5.41) is 2.96. The number of nitrogens with zero attached hydrogens (tertiary/aromatic N) is 2. The molecule has 0 radical (unpaired) electrons. The lowest BCUT2D eigenvalue weighted by Gasteiger charge is -2.21. The van der Waals surface area contributed by atoms with Crippen LogP contribution in [0.1, 0.15) is 35.1 Å². The molecule has 1 N–H and O–H groups in total. The lowest BCUT2D eigenvalue weighted by atomic mass is 9.89. The fourth-order valence-electron chi connectivity index (χ4n) is 3.44. The number of rotatable bonds is 3. The summed E-state index contributed by atoms with van der Waals surface area (Å²) in [5.41, 5.74) is 4.42. The zero-order chi connectivity index (χ0) is 17.4. The molecule has 1 aliphatic carbocycles. The average Bonchev–Trinajstić information content (AvgIpc) is 2.99. The van der Waals surface area contributed by atoms with Crippen molar-refractivity contribution in [1.82, 2.24) is 9.38 Å². The Morgan fingerprint density at radius 2 is 2.08 bits per heavy atom. The minimum Gasteiger partial charge on any atom is -0.326 e. The molecule has 0 aliphatic heterocycles. The fraction of sp³-hybridized carbons (Fsp3) is 0.250. The number of anilines is 1. The molecule has 2 aromatic heterocycles. The van der Waals surface area contributed by atoms with Gasteiger partial charge in [0.05, 0.1) is 5.69 Å². The number of carbonyl (C=O) groups is 2. The second kappa shape index (κ2) is 6.16. The lowest BCUT2D eigenvalue weighted by molar-refractivity contribution is -0.120. The van der Waals surface area contributed by atoms with Crippen LogP contribution in [0.15, 0.2) is 48.7 Å². The number of imidazole rings is 1. The molecule has 5 heteroatoms. The zero-order valence-electron chi connectivity index (χ0n) is 14.0. The van der Waals surface area contributed by atoms with Crippen molar-refractivity contribution in [3.63, 3.8) is 0 Å². The van der Waals surface area contributed by atoms with Crippen LogP contribution in [0.2, 0.25) is 0 Å². The summed E-state index contributed by atoms with van der Waals surface area (Å²) in [4.78, 5) is 28.8. The minimum atomic E-state index is -0.0893. The Bertz CT molecular complexity index is 974. The van der Waals surface area contributed by atoms with E-state index in [4.69, 9.17) is 0 Å². The molecule has 0 fully saturated rings. The number of ketones is 1. The molecule has 1 unspecified atom stereocenters. The van der Waals surface area contributed by atoms with E-state index in [0.717, 1.165) is 29.9 Å². The Morgan fingerprint density at radius 1 is 1.20 bits per heavy atom. The van der Waals surface area contributed by atoms with Crippen molar-refractivity contribution in [2.75, 3.05) is 5.32 Å². The molecule has 126 valence electrons. The molecule has 0 saturated heterocycles. The predicted octanol–water partition coefficient (Wildman–Crippen LogP) is 3.28. The maximum atomic E-state index is 12.7. The van der Waals surface area contributed by atoms with Gasteiger partial charge in [-0.15, -0.1) is 0 Å². The first-order valence-electron chi connectivity index (χ1n) is 8.48. The highest BCUT2D eigenvalue weighted by molar-refractivity contribution is 5.97. The van der Waals surface area contributed by atoms with Gasteiger partial charge in [0.2, 0.25) is 5.91 Å². The number of hydrogen-bond donors (Lipinski definition) is 1. The van der Waals surface area contributed by atoms with Gasteiger partial charge in [-0.2, -0.15) is 0 Å². The van der Waals surface area contributed by atoms with Gasteiger partial charge in [0.15, 0.2) is 5.78 Å². The monoisotopic (exact) mass is 333 g/mol. The number of hydrogen-bond acceptors (Lipinski definition) is 3. The Kier molecular flexibility index (Phi) is 3.84. The Labute approximate surface area is 145 Å². The minimum absolute atomic E-state index is 0.00256. The van der Waals surface area contributed by atoms with E-state index in [0.29, 0.717) is 17.7 Å². The maximum absolute atomic E-state index is 12.7. The van der Waals surface area contributed by atoms with Crippen LogP contribution in [0.5, 0.6) is 0 Å². The number of carbonyl (C=O) groups excluding carboxylic acids is 2. The standard InChI is InChI=1S/C20H19N3O2/c1-13(24)14-5-4-6-16(11-14)21-20(25)15-8-9-17-18(12-15)23-10-3-2-7-19(23)22-17/h2-7,10-11,15H,8-9,12H2,1H3,(H,21,25). The molecule has 5 nitrogen and oxygen atoms in total. The highest BCUT2D eigenvalue weighted by atomic mass is 16.2. The smallest absolute Gasteiger partial charge is 0.227 e. The van der Waals surface area contributed by atoms with E-state index in [9.17, 15) is 9.59 Å². The first-order chi connectivity index (χ1) is 12.1. The molecular formula is C20H19N3O2. The molecule has 2 heterocycles. The molecule has 1 aliphatic rings. The molecule has 1 aromatic carbocycles. The first-order valence-corrected chi connectivity index (χ1v) is 8.48. The molecule has 25 heavy (non-hydrogen) atoms. The van der Waals surface area contributed by atoms with Crippen molar-refractivity contribution >= 4 is 23.0 Å². The number of aromatic nitrogens is 2. The molecule has 4 rings (SSSR count). The summed E-state index contributed by atoms with van der Waals surface area (Å²) in [5.74, 6) is -0.102. The second-order valence-electron chi connectivity index (χ2n) is 6.50. The Hall–Kier alpha value is -2.95. The van der Waals surface area contributed by atoms with Crippen molar-refractivity contribution in [3.8, 4) is 0 Å². The van der Waals surface area contributed by atoms with Crippen LogP contribution in [0.4, 0.5) is 5.69 Å². The Balaban J connectivity index is 1.54. The third-order valence-corrected chi connectivity index (χ3v) is 4.79. The van der Waals surface area contributed by atoms with Gasteiger partial charge in [-0.3, -0.25) is 9.59 Å². The molecular weight excluding hydrogens is 314 g/mol.